The molecular weight excluding hydrogens is 363 g/mol. The van der Waals surface area contributed by atoms with E-state index in [-0.39, 0.29) is 17.3 Å². The van der Waals surface area contributed by atoms with Crippen LogP contribution in [0.3, 0.4) is 0 Å². The van der Waals surface area contributed by atoms with Crippen LogP contribution >= 0.6 is 12.4 Å². The van der Waals surface area contributed by atoms with E-state index >= 15 is 0 Å². The first-order valence-electron chi connectivity index (χ1n) is 8.14. The molecule has 0 saturated carbocycles. The number of hydrogen-bond donors (Lipinski definition) is 1. The first-order valence-corrected chi connectivity index (χ1v) is 10.0. The van der Waals surface area contributed by atoms with Gasteiger partial charge in [0.1, 0.15) is 0 Å². The minimum Gasteiger partial charge on any atom is -0.311 e. The summed E-state index contributed by atoms with van der Waals surface area (Å²) >= 11 is 0. The first-order chi connectivity index (χ1) is 11.4. The molecule has 1 aromatic heterocycles. The molecule has 2 fully saturated rings. The van der Waals surface area contributed by atoms with Crippen LogP contribution in [0.2, 0.25) is 0 Å². The van der Waals surface area contributed by atoms with Crippen LogP contribution < -0.4 is 5.32 Å². The molecule has 3 atom stereocenters. The summed E-state index contributed by atoms with van der Waals surface area (Å²) in [6.45, 7) is 0. The molecule has 1 unspecified atom stereocenters. The zero-order valence-electron chi connectivity index (χ0n) is 13.8. The van der Waals surface area contributed by atoms with Crippen molar-refractivity contribution in [2.75, 3.05) is 6.26 Å². The lowest BCUT2D eigenvalue weighted by Crippen LogP contribution is -2.21. The fourth-order valence-corrected chi connectivity index (χ4v) is 4.57. The third-order valence-corrected chi connectivity index (χ3v) is 6.31. The van der Waals surface area contributed by atoms with Crippen molar-refractivity contribution in [1.82, 2.24) is 10.3 Å². The number of fused-ring (bicyclic) bond motifs is 2. The minimum atomic E-state index is -3.26. The van der Waals surface area contributed by atoms with Crippen molar-refractivity contribution in [3.8, 4) is 11.1 Å². The number of halogens is 2. The number of pyridine rings is 1. The summed E-state index contributed by atoms with van der Waals surface area (Å²) in [4.78, 5) is 4.17. The number of hydrogen-bond acceptors (Lipinski definition) is 4. The van der Waals surface area contributed by atoms with Crippen LogP contribution in [0.15, 0.2) is 41.4 Å². The van der Waals surface area contributed by atoms with Gasteiger partial charge in [0.05, 0.1) is 4.90 Å². The van der Waals surface area contributed by atoms with Crippen LogP contribution in [-0.4, -0.2) is 31.7 Å². The highest BCUT2D eigenvalue weighted by Gasteiger charge is 2.40. The molecule has 2 aromatic rings. The quantitative estimate of drug-likeness (QED) is 0.827. The van der Waals surface area contributed by atoms with Crippen molar-refractivity contribution in [2.45, 2.75) is 42.2 Å². The molecule has 1 N–H and O–H groups in total. The van der Waals surface area contributed by atoms with E-state index in [0.29, 0.717) is 29.1 Å². The number of nitrogens with zero attached hydrogens (tertiary/aromatic N) is 1. The van der Waals surface area contributed by atoms with Gasteiger partial charge in [-0.25, -0.2) is 13.4 Å². The summed E-state index contributed by atoms with van der Waals surface area (Å²) < 4.78 is 37.3. The van der Waals surface area contributed by atoms with E-state index in [1.165, 1.54) is 18.6 Å². The summed E-state index contributed by atoms with van der Waals surface area (Å²) in [5.41, 5.74) is 2.12. The Kier molecular flexibility index (Phi) is 4.88. The van der Waals surface area contributed by atoms with Crippen molar-refractivity contribution in [1.29, 1.82) is 0 Å². The van der Waals surface area contributed by atoms with Gasteiger partial charge in [-0.2, -0.15) is 4.39 Å². The van der Waals surface area contributed by atoms with E-state index in [0.717, 1.165) is 24.7 Å². The second-order valence-corrected chi connectivity index (χ2v) is 8.81. The van der Waals surface area contributed by atoms with Gasteiger partial charge < -0.3 is 5.32 Å². The van der Waals surface area contributed by atoms with Crippen LogP contribution in [0, 0.1) is 5.95 Å². The summed E-state index contributed by atoms with van der Waals surface area (Å²) in [6, 6.07) is 9.19. The van der Waals surface area contributed by atoms with Gasteiger partial charge >= 0.3 is 0 Å². The molecule has 4 nitrogen and oxygen atoms in total. The Hall–Kier alpha value is -1.50. The number of benzene rings is 1. The zero-order chi connectivity index (χ0) is 16.9. The molecule has 2 aliphatic rings. The summed E-state index contributed by atoms with van der Waals surface area (Å²) in [5.74, 6) is -0.145. The van der Waals surface area contributed by atoms with Gasteiger partial charge in [0.15, 0.2) is 9.84 Å². The lowest BCUT2D eigenvalue weighted by Gasteiger charge is -2.20. The van der Waals surface area contributed by atoms with Crippen LogP contribution in [-0.2, 0) is 9.84 Å². The van der Waals surface area contributed by atoms with Gasteiger partial charge in [-0.15, -0.1) is 12.4 Å². The van der Waals surface area contributed by atoms with E-state index in [1.807, 2.05) is 6.07 Å². The second kappa shape index (κ2) is 6.67. The number of nitrogens with one attached hydrogen (secondary N) is 1. The average Bonchev–Trinajstić information content (AvgIpc) is 3.18. The molecule has 0 amide bonds. The molecular formula is C18H20ClFN2O2S. The normalized spacial score (nSPS) is 25.0. The van der Waals surface area contributed by atoms with Crippen LogP contribution in [0.25, 0.3) is 11.1 Å². The average molecular weight is 383 g/mol. The Balaban J connectivity index is 0.00000182. The van der Waals surface area contributed by atoms with Crippen LogP contribution in [0.4, 0.5) is 4.39 Å². The highest BCUT2D eigenvalue weighted by Crippen LogP contribution is 2.40. The molecule has 0 spiro atoms. The molecule has 134 valence electrons. The van der Waals surface area contributed by atoms with Gasteiger partial charge in [0, 0.05) is 36.0 Å². The topological polar surface area (TPSA) is 59.1 Å². The molecule has 3 heterocycles. The van der Waals surface area contributed by atoms with Crippen LogP contribution in [0.1, 0.15) is 30.7 Å². The molecule has 0 radical (unpaired) electrons. The number of sulfone groups is 1. The van der Waals surface area contributed by atoms with Crippen molar-refractivity contribution < 1.29 is 12.8 Å². The highest BCUT2D eigenvalue weighted by molar-refractivity contribution is 7.90. The van der Waals surface area contributed by atoms with Gasteiger partial charge in [0.25, 0.3) is 0 Å². The largest absolute Gasteiger partial charge is 0.311 e. The van der Waals surface area contributed by atoms with E-state index in [1.54, 1.807) is 18.3 Å². The fourth-order valence-electron chi connectivity index (χ4n) is 3.94. The minimum absolute atomic E-state index is 0. The fraction of sp³-hybridized carbons (Fsp3) is 0.389. The molecule has 7 heteroatoms. The monoisotopic (exact) mass is 382 g/mol. The van der Waals surface area contributed by atoms with Gasteiger partial charge in [-0.1, -0.05) is 12.1 Å². The summed E-state index contributed by atoms with van der Waals surface area (Å²) in [6.07, 6.45) is 6.24. The maximum absolute atomic E-state index is 14.2. The van der Waals surface area contributed by atoms with Crippen molar-refractivity contribution in [3.63, 3.8) is 0 Å². The lowest BCUT2D eigenvalue weighted by atomic mass is 9.84. The summed E-state index contributed by atoms with van der Waals surface area (Å²) in [7, 11) is -3.26. The third kappa shape index (κ3) is 3.43. The number of rotatable bonds is 3. The maximum atomic E-state index is 14.2. The van der Waals surface area contributed by atoms with E-state index < -0.39 is 15.8 Å². The van der Waals surface area contributed by atoms with E-state index in [9.17, 15) is 12.8 Å². The van der Waals surface area contributed by atoms with Crippen LogP contribution in [0.5, 0.6) is 0 Å². The standard InChI is InChI=1S/C18H19FN2O2S.ClH/c1-24(22,23)14-5-2-11(3-6-14)16-8-12(10-20-18(16)19)15-9-13-4-7-17(15)21-13;/h2-3,5-6,8,10,13,15,17,21H,4,7,9H2,1H3;1H/t13-,15?,17+;/m0./s1. The maximum Gasteiger partial charge on any atom is 0.220 e. The van der Waals surface area contributed by atoms with Gasteiger partial charge in [0.2, 0.25) is 5.95 Å². The Morgan fingerprint density at radius 1 is 1.20 bits per heavy atom. The lowest BCUT2D eigenvalue weighted by molar-refractivity contribution is 0.502. The zero-order valence-corrected chi connectivity index (χ0v) is 15.4. The van der Waals surface area contributed by atoms with Crippen molar-refractivity contribution in [3.05, 3.63) is 48.0 Å². The van der Waals surface area contributed by atoms with E-state index in [4.69, 9.17) is 0 Å². The number of aromatic nitrogens is 1. The Morgan fingerprint density at radius 2 is 1.92 bits per heavy atom. The predicted octanol–water partition coefficient (Wildman–Crippen LogP) is 3.32. The van der Waals surface area contributed by atoms with Gasteiger partial charge in [-0.05, 0) is 48.6 Å². The molecule has 4 rings (SSSR count). The smallest absolute Gasteiger partial charge is 0.220 e. The third-order valence-electron chi connectivity index (χ3n) is 5.18. The second-order valence-electron chi connectivity index (χ2n) is 6.79. The molecule has 2 bridgehead atoms. The highest BCUT2D eigenvalue weighted by atomic mass is 35.5. The Labute approximate surface area is 153 Å². The van der Waals surface area contributed by atoms with Crippen molar-refractivity contribution in [2.24, 2.45) is 0 Å². The Bertz CT molecular complexity index is 886. The van der Waals surface area contributed by atoms with Crippen molar-refractivity contribution >= 4 is 22.2 Å². The summed E-state index contributed by atoms with van der Waals surface area (Å²) in [5, 5.41) is 3.59. The molecule has 1 aromatic carbocycles. The molecule has 2 saturated heterocycles. The first kappa shape index (κ1) is 18.3. The molecule has 25 heavy (non-hydrogen) atoms. The Morgan fingerprint density at radius 3 is 2.48 bits per heavy atom. The predicted molar refractivity (Wildman–Crippen MR) is 97.3 cm³/mol. The van der Waals surface area contributed by atoms with Gasteiger partial charge in [-0.3, -0.25) is 0 Å². The molecule has 2 aliphatic heterocycles. The SMILES string of the molecule is CS(=O)(=O)c1ccc(-c2cc(C3C[C@@H]4CC[C@H]3N4)cnc2F)cc1.Cl. The molecule has 0 aliphatic carbocycles. The van der Waals surface area contributed by atoms with E-state index in [2.05, 4.69) is 10.3 Å².